The van der Waals surface area contributed by atoms with Crippen molar-refractivity contribution in [1.29, 1.82) is 0 Å². The highest BCUT2D eigenvalue weighted by molar-refractivity contribution is 5.93. The molecule has 1 aliphatic heterocycles. The van der Waals surface area contributed by atoms with Crippen LogP contribution in [0.25, 0.3) is 5.65 Å². The molecule has 3 heterocycles. The topological polar surface area (TPSA) is 66.7 Å². The van der Waals surface area contributed by atoms with Crippen molar-refractivity contribution in [1.82, 2.24) is 19.6 Å². The lowest BCUT2D eigenvalue weighted by molar-refractivity contribution is -0.129. The van der Waals surface area contributed by atoms with Gasteiger partial charge in [0, 0.05) is 25.8 Å². The Bertz CT molecular complexity index is 1070. The predicted molar refractivity (Wildman–Crippen MR) is 122 cm³/mol. The summed E-state index contributed by atoms with van der Waals surface area (Å²) in [6.45, 7) is 4.88. The van der Waals surface area contributed by atoms with Gasteiger partial charge in [0.1, 0.15) is 11.3 Å². The van der Waals surface area contributed by atoms with Crippen LogP contribution in [0, 0.1) is 22.7 Å². The lowest BCUT2D eigenvalue weighted by Gasteiger charge is -2.59. The lowest BCUT2D eigenvalue weighted by Crippen LogP contribution is -2.57. The van der Waals surface area contributed by atoms with E-state index in [0.717, 1.165) is 55.7 Å². The zero-order valence-corrected chi connectivity index (χ0v) is 19.1. The number of imidazole rings is 1. The summed E-state index contributed by atoms with van der Waals surface area (Å²) >= 11 is 0. The number of hydrogen-bond donors (Lipinski definition) is 1. The predicted octanol–water partition coefficient (Wildman–Crippen LogP) is 3.84. The standard InChI is InChI=1S/C26H34N4O2/c1-18-13-25(15-19-6-5-9-26(19,25)14-18)17-27-24(32)21-7-4-8-22-28-20(16-30(21)22)12-23(31)29-10-2-3-11-29/h4,7-8,16,18-19H,2-3,5-6,9-15,17H2,1H3,(H,27,32). The number of rotatable bonds is 5. The Balaban J connectivity index is 1.19. The maximum atomic E-state index is 13.3. The molecule has 3 aliphatic carbocycles. The largest absolute Gasteiger partial charge is 0.350 e. The van der Waals surface area contributed by atoms with E-state index in [1.807, 2.05) is 33.7 Å². The highest BCUT2D eigenvalue weighted by atomic mass is 16.2. The molecule has 0 bridgehead atoms. The van der Waals surface area contributed by atoms with Gasteiger partial charge in [-0.1, -0.05) is 19.4 Å². The molecule has 2 aromatic rings. The molecule has 6 heteroatoms. The summed E-state index contributed by atoms with van der Waals surface area (Å²) < 4.78 is 1.85. The second-order valence-electron chi connectivity index (χ2n) is 11.1. The lowest BCUT2D eigenvalue weighted by atomic mass is 9.46. The van der Waals surface area contributed by atoms with Gasteiger partial charge in [-0.2, -0.15) is 0 Å². The molecule has 32 heavy (non-hydrogen) atoms. The van der Waals surface area contributed by atoms with E-state index in [9.17, 15) is 9.59 Å². The minimum Gasteiger partial charge on any atom is -0.350 e. The maximum Gasteiger partial charge on any atom is 0.268 e. The second kappa shape index (κ2) is 7.32. The van der Waals surface area contributed by atoms with Crippen LogP contribution in [0.1, 0.15) is 74.5 Å². The van der Waals surface area contributed by atoms with Crippen LogP contribution in [-0.4, -0.2) is 45.7 Å². The van der Waals surface area contributed by atoms with E-state index in [2.05, 4.69) is 17.2 Å². The number of likely N-dealkylation sites (tertiary alicyclic amines) is 1. The molecule has 1 N–H and O–H groups in total. The van der Waals surface area contributed by atoms with Crippen molar-refractivity contribution >= 4 is 17.5 Å². The van der Waals surface area contributed by atoms with Crippen molar-refractivity contribution in [3.63, 3.8) is 0 Å². The zero-order chi connectivity index (χ0) is 21.9. The molecule has 1 spiro atoms. The van der Waals surface area contributed by atoms with Gasteiger partial charge in [-0.3, -0.25) is 14.0 Å². The molecule has 2 amide bonds. The average Bonchev–Trinajstić information content (AvgIpc) is 3.53. The molecule has 1 saturated heterocycles. The minimum absolute atomic E-state index is 0.0315. The van der Waals surface area contributed by atoms with Gasteiger partial charge in [0.25, 0.3) is 5.91 Å². The summed E-state index contributed by atoms with van der Waals surface area (Å²) in [6, 6.07) is 5.65. The molecule has 6 rings (SSSR count). The summed E-state index contributed by atoms with van der Waals surface area (Å²) in [5, 5.41) is 3.32. The fourth-order valence-electron chi connectivity index (χ4n) is 8.04. The normalized spacial score (nSPS) is 33.2. The van der Waals surface area contributed by atoms with Gasteiger partial charge in [0.05, 0.1) is 12.1 Å². The molecule has 6 nitrogen and oxygen atoms in total. The van der Waals surface area contributed by atoms with Crippen LogP contribution >= 0.6 is 0 Å². The van der Waals surface area contributed by atoms with Crippen molar-refractivity contribution in [2.45, 2.75) is 64.7 Å². The third-order valence-electron chi connectivity index (χ3n) is 9.26. The summed E-state index contributed by atoms with van der Waals surface area (Å²) in [7, 11) is 0. The van der Waals surface area contributed by atoms with Gasteiger partial charge in [0.15, 0.2) is 0 Å². The van der Waals surface area contributed by atoms with Crippen molar-refractivity contribution in [2.75, 3.05) is 19.6 Å². The number of pyridine rings is 1. The maximum absolute atomic E-state index is 13.3. The first kappa shape index (κ1) is 20.3. The van der Waals surface area contributed by atoms with E-state index in [4.69, 9.17) is 0 Å². The number of hydrogen-bond acceptors (Lipinski definition) is 3. The summed E-state index contributed by atoms with van der Waals surface area (Å²) in [5.74, 6) is 1.75. The first-order valence-corrected chi connectivity index (χ1v) is 12.5. The fraction of sp³-hybridized carbons (Fsp3) is 0.654. The number of aromatic nitrogens is 2. The molecule has 2 aromatic heterocycles. The highest BCUT2D eigenvalue weighted by Gasteiger charge is 2.69. The van der Waals surface area contributed by atoms with E-state index >= 15 is 0 Å². The van der Waals surface area contributed by atoms with E-state index in [0.29, 0.717) is 22.9 Å². The first-order chi connectivity index (χ1) is 15.5. The first-order valence-electron chi connectivity index (χ1n) is 12.5. The number of amides is 2. The summed E-state index contributed by atoms with van der Waals surface area (Å²) in [6.07, 6.45) is 12.3. The Morgan fingerprint density at radius 3 is 2.81 bits per heavy atom. The van der Waals surface area contributed by atoms with Gasteiger partial charge in [-0.15, -0.1) is 0 Å². The van der Waals surface area contributed by atoms with Gasteiger partial charge >= 0.3 is 0 Å². The van der Waals surface area contributed by atoms with E-state index in [1.165, 1.54) is 38.5 Å². The van der Waals surface area contributed by atoms with Crippen LogP contribution in [-0.2, 0) is 11.2 Å². The third kappa shape index (κ3) is 2.94. The molecular formula is C26H34N4O2. The van der Waals surface area contributed by atoms with E-state index < -0.39 is 0 Å². The highest BCUT2D eigenvalue weighted by Crippen LogP contribution is 2.76. The van der Waals surface area contributed by atoms with Gasteiger partial charge < -0.3 is 10.2 Å². The van der Waals surface area contributed by atoms with E-state index in [1.54, 1.807) is 0 Å². The summed E-state index contributed by atoms with van der Waals surface area (Å²) in [5.41, 5.74) is 2.86. The minimum atomic E-state index is -0.0315. The molecule has 4 aliphatic rings. The molecule has 4 unspecified atom stereocenters. The smallest absolute Gasteiger partial charge is 0.268 e. The van der Waals surface area contributed by atoms with Crippen molar-refractivity contribution < 1.29 is 9.59 Å². The molecule has 0 radical (unpaired) electrons. The monoisotopic (exact) mass is 434 g/mol. The third-order valence-corrected chi connectivity index (χ3v) is 9.26. The number of fused-ring (bicyclic) bond motifs is 1. The van der Waals surface area contributed by atoms with Gasteiger partial charge in [-0.05, 0) is 79.7 Å². The van der Waals surface area contributed by atoms with Crippen molar-refractivity contribution in [2.24, 2.45) is 22.7 Å². The Morgan fingerprint density at radius 2 is 2.00 bits per heavy atom. The number of carbonyl (C=O) groups is 2. The van der Waals surface area contributed by atoms with Crippen LogP contribution in [0.15, 0.2) is 24.4 Å². The Kier molecular flexibility index (Phi) is 4.63. The molecule has 3 saturated carbocycles. The van der Waals surface area contributed by atoms with Gasteiger partial charge in [-0.25, -0.2) is 4.98 Å². The van der Waals surface area contributed by atoms with Crippen LogP contribution < -0.4 is 5.32 Å². The molecule has 170 valence electrons. The van der Waals surface area contributed by atoms with Crippen LogP contribution in [0.3, 0.4) is 0 Å². The fourth-order valence-corrected chi connectivity index (χ4v) is 8.04. The summed E-state index contributed by atoms with van der Waals surface area (Å²) in [4.78, 5) is 32.4. The Hall–Kier alpha value is -2.37. The SMILES string of the molecule is CC1CC2(CNC(=O)c3cccc4nc(CC(=O)N5CCCC5)cn34)CC3CCCC32C1. The Labute approximate surface area is 189 Å². The molecular weight excluding hydrogens is 400 g/mol. The van der Waals surface area contributed by atoms with Crippen molar-refractivity contribution in [3.8, 4) is 0 Å². The van der Waals surface area contributed by atoms with Crippen molar-refractivity contribution in [3.05, 3.63) is 35.8 Å². The zero-order valence-electron chi connectivity index (χ0n) is 19.1. The quantitative estimate of drug-likeness (QED) is 0.778. The molecule has 4 atom stereocenters. The molecule has 4 fully saturated rings. The van der Waals surface area contributed by atoms with Crippen LogP contribution in [0.4, 0.5) is 0 Å². The molecule has 0 aromatic carbocycles. The van der Waals surface area contributed by atoms with Gasteiger partial charge in [0.2, 0.25) is 5.91 Å². The number of carbonyl (C=O) groups excluding carboxylic acids is 2. The Morgan fingerprint density at radius 1 is 1.16 bits per heavy atom. The number of nitrogens with zero attached hydrogens (tertiary/aromatic N) is 3. The van der Waals surface area contributed by atoms with E-state index in [-0.39, 0.29) is 11.8 Å². The van der Waals surface area contributed by atoms with Crippen LogP contribution in [0.5, 0.6) is 0 Å². The van der Waals surface area contributed by atoms with Crippen LogP contribution in [0.2, 0.25) is 0 Å². The second-order valence-corrected chi connectivity index (χ2v) is 11.1. The number of nitrogens with one attached hydrogen (secondary N) is 1. The average molecular weight is 435 g/mol.